The van der Waals surface area contributed by atoms with E-state index in [2.05, 4.69) is 22.6 Å². The Bertz CT molecular complexity index is 648. The summed E-state index contributed by atoms with van der Waals surface area (Å²) in [5.74, 6) is -3.80. The van der Waals surface area contributed by atoms with E-state index in [-0.39, 0.29) is 11.8 Å². The van der Waals surface area contributed by atoms with E-state index < -0.39 is 57.9 Å². The van der Waals surface area contributed by atoms with Crippen molar-refractivity contribution in [3.05, 3.63) is 0 Å². The molecule has 2 aliphatic carbocycles. The molecule has 0 aromatic rings. The van der Waals surface area contributed by atoms with Crippen LogP contribution in [0.1, 0.15) is 13.3 Å². The summed E-state index contributed by atoms with van der Waals surface area (Å²) >= 11 is 4.03. The van der Waals surface area contributed by atoms with Crippen LogP contribution >= 0.6 is 45.2 Å². The molecule has 3 fully saturated rings. The van der Waals surface area contributed by atoms with Crippen molar-refractivity contribution < 1.29 is 38.1 Å². The molecule has 1 heterocycles. The van der Waals surface area contributed by atoms with Crippen LogP contribution < -0.4 is 0 Å². The molecular formula is C16H18I2O8. The highest BCUT2D eigenvalue weighted by molar-refractivity contribution is 14.1. The van der Waals surface area contributed by atoms with Crippen molar-refractivity contribution in [2.45, 2.75) is 29.0 Å². The van der Waals surface area contributed by atoms with Gasteiger partial charge in [0.25, 0.3) is 0 Å². The second-order valence-corrected chi connectivity index (χ2v) is 10.0. The van der Waals surface area contributed by atoms with Gasteiger partial charge in [-0.1, -0.05) is 45.2 Å². The Morgan fingerprint density at radius 2 is 2.00 bits per heavy atom. The van der Waals surface area contributed by atoms with Crippen LogP contribution in [0.4, 0.5) is 0 Å². The second-order valence-electron chi connectivity index (χ2n) is 6.90. The summed E-state index contributed by atoms with van der Waals surface area (Å²) in [6.07, 6.45) is -0.685. The lowest BCUT2D eigenvalue weighted by atomic mass is 9.78. The van der Waals surface area contributed by atoms with Crippen molar-refractivity contribution in [1.29, 1.82) is 0 Å². The van der Waals surface area contributed by atoms with Crippen molar-refractivity contribution in [2.75, 3.05) is 18.1 Å². The first-order valence-electron chi connectivity index (χ1n) is 8.11. The van der Waals surface area contributed by atoms with E-state index in [1.54, 1.807) is 6.92 Å². The van der Waals surface area contributed by atoms with Gasteiger partial charge in [-0.05, 0) is 13.3 Å². The summed E-state index contributed by atoms with van der Waals surface area (Å²) < 4.78 is 20.4. The number of alkyl halides is 2. The molecule has 7 atom stereocenters. The fraction of sp³-hybridized carbons (Fsp3) is 0.750. The highest BCUT2D eigenvalue weighted by atomic mass is 127. The van der Waals surface area contributed by atoms with Crippen molar-refractivity contribution in [2.24, 2.45) is 23.7 Å². The minimum Gasteiger partial charge on any atom is -0.469 e. The molecule has 3 rings (SSSR count). The third-order valence-electron chi connectivity index (χ3n) is 5.28. The third-order valence-corrected chi connectivity index (χ3v) is 9.09. The molecule has 144 valence electrons. The first kappa shape index (κ1) is 20.1. The van der Waals surface area contributed by atoms with E-state index in [1.165, 1.54) is 7.11 Å². The van der Waals surface area contributed by atoms with Gasteiger partial charge in [0.2, 0.25) is 0 Å². The average molecular weight is 592 g/mol. The number of methoxy groups -OCH3 is 1. The quantitative estimate of drug-likeness (QED) is 0.195. The van der Waals surface area contributed by atoms with Crippen LogP contribution in [0.3, 0.4) is 0 Å². The predicted molar refractivity (Wildman–Crippen MR) is 103 cm³/mol. The molecule has 1 aliphatic heterocycles. The van der Waals surface area contributed by atoms with Gasteiger partial charge in [-0.25, -0.2) is 4.79 Å². The minimum atomic E-state index is -0.727. The van der Waals surface area contributed by atoms with Crippen LogP contribution in [-0.4, -0.2) is 57.7 Å². The van der Waals surface area contributed by atoms with Crippen molar-refractivity contribution in [3.63, 3.8) is 0 Å². The van der Waals surface area contributed by atoms with Crippen molar-refractivity contribution in [1.82, 2.24) is 0 Å². The van der Waals surface area contributed by atoms with Gasteiger partial charge in [-0.15, -0.1) is 0 Å². The predicted octanol–water partition coefficient (Wildman–Crippen LogP) is 1.05. The number of rotatable bonds is 6. The van der Waals surface area contributed by atoms with Gasteiger partial charge in [0, 0.05) is 16.3 Å². The first-order chi connectivity index (χ1) is 12.2. The fourth-order valence-corrected chi connectivity index (χ4v) is 4.59. The highest BCUT2D eigenvalue weighted by Crippen LogP contribution is 2.58. The monoisotopic (exact) mass is 592 g/mol. The lowest BCUT2D eigenvalue weighted by Gasteiger charge is -2.29. The highest BCUT2D eigenvalue weighted by Gasteiger charge is 2.70. The zero-order chi connectivity index (χ0) is 19.2. The molecule has 0 aromatic carbocycles. The normalized spacial score (nSPS) is 36.2. The van der Waals surface area contributed by atoms with Crippen LogP contribution in [0.5, 0.6) is 0 Å². The van der Waals surface area contributed by atoms with Gasteiger partial charge >= 0.3 is 23.9 Å². The number of carbonyl (C=O) groups excluding carboxylic acids is 4. The molecule has 0 N–H and O–H groups in total. The molecule has 2 bridgehead atoms. The van der Waals surface area contributed by atoms with E-state index in [9.17, 15) is 19.2 Å². The Morgan fingerprint density at radius 3 is 2.62 bits per heavy atom. The number of fused-ring (bicyclic) bond motifs is 1. The number of halogens is 2. The average Bonchev–Trinajstić information content (AvgIpc) is 3.22. The molecule has 3 aliphatic rings. The smallest absolute Gasteiger partial charge is 0.344 e. The second kappa shape index (κ2) is 7.40. The number of hydrogen-bond acceptors (Lipinski definition) is 8. The SMILES string of the molecule is COC(=O)[C@H]1C2CC3C(OC(=O)C31)C2OC(=O)COC(=O)C(C)(I)CI. The summed E-state index contributed by atoms with van der Waals surface area (Å²) in [6.45, 7) is 1.19. The third kappa shape index (κ3) is 3.31. The van der Waals surface area contributed by atoms with Gasteiger partial charge in [-0.2, -0.15) is 0 Å². The molecular weight excluding hydrogens is 574 g/mol. The standard InChI is InChI=1S/C16H18I2O8/c1-16(18,5-17)15(22)24-4-8(19)25-11-6-3-7-10(9(6)13(20)23-2)14(21)26-12(7)11/h6-7,9-12H,3-5H2,1-2H3/t6?,7?,9-,10?,11?,12?,16?/m0/s1. The zero-order valence-electron chi connectivity index (χ0n) is 14.1. The van der Waals surface area contributed by atoms with E-state index in [0.29, 0.717) is 10.8 Å². The molecule has 0 amide bonds. The van der Waals surface area contributed by atoms with Crippen molar-refractivity contribution >= 4 is 69.1 Å². The molecule has 2 saturated carbocycles. The Kier molecular flexibility index (Phi) is 5.71. The minimum absolute atomic E-state index is 0.145. The number of esters is 4. The van der Waals surface area contributed by atoms with Crippen LogP contribution in [0.25, 0.3) is 0 Å². The Morgan fingerprint density at radius 1 is 1.31 bits per heavy atom. The van der Waals surface area contributed by atoms with Crippen LogP contribution in [0.2, 0.25) is 0 Å². The topological polar surface area (TPSA) is 105 Å². The van der Waals surface area contributed by atoms with Gasteiger partial charge in [0.15, 0.2) is 6.61 Å². The molecule has 0 aromatic heterocycles. The summed E-state index contributed by atoms with van der Waals surface area (Å²) in [4.78, 5) is 48.2. The summed E-state index contributed by atoms with van der Waals surface area (Å²) in [7, 11) is 1.26. The van der Waals surface area contributed by atoms with Gasteiger partial charge in [0.05, 0.1) is 18.9 Å². The molecule has 26 heavy (non-hydrogen) atoms. The summed E-state index contributed by atoms with van der Waals surface area (Å²) in [5.41, 5.74) is 0. The first-order valence-corrected chi connectivity index (χ1v) is 10.7. The summed E-state index contributed by atoms with van der Waals surface area (Å²) in [6, 6.07) is 0. The van der Waals surface area contributed by atoms with Crippen LogP contribution in [-0.2, 0) is 38.1 Å². The maximum absolute atomic E-state index is 12.1. The lowest BCUT2D eigenvalue weighted by Crippen LogP contribution is -2.44. The number of hydrogen-bond donors (Lipinski definition) is 0. The maximum Gasteiger partial charge on any atom is 0.344 e. The lowest BCUT2D eigenvalue weighted by molar-refractivity contribution is -0.172. The van der Waals surface area contributed by atoms with E-state index in [0.717, 1.165) is 0 Å². The fourth-order valence-electron chi connectivity index (χ4n) is 4.12. The van der Waals surface area contributed by atoms with Crippen LogP contribution in [0, 0.1) is 23.7 Å². The molecule has 6 unspecified atom stereocenters. The van der Waals surface area contributed by atoms with E-state index in [1.807, 2.05) is 22.6 Å². The molecule has 0 radical (unpaired) electrons. The number of carbonyl (C=O) groups is 4. The maximum atomic E-state index is 12.1. The summed E-state index contributed by atoms with van der Waals surface area (Å²) in [5, 5.41) is 0. The zero-order valence-corrected chi connectivity index (χ0v) is 18.4. The Labute approximate surface area is 177 Å². The number of ether oxygens (including phenoxy) is 4. The Balaban J connectivity index is 1.63. The Hall–Kier alpha value is -0.660. The van der Waals surface area contributed by atoms with Crippen LogP contribution in [0.15, 0.2) is 0 Å². The molecule has 8 nitrogen and oxygen atoms in total. The van der Waals surface area contributed by atoms with E-state index in [4.69, 9.17) is 18.9 Å². The molecule has 10 heteroatoms. The van der Waals surface area contributed by atoms with E-state index >= 15 is 0 Å². The van der Waals surface area contributed by atoms with Gasteiger partial charge < -0.3 is 18.9 Å². The largest absolute Gasteiger partial charge is 0.469 e. The van der Waals surface area contributed by atoms with Crippen molar-refractivity contribution in [3.8, 4) is 0 Å². The van der Waals surface area contributed by atoms with Gasteiger partial charge in [0.1, 0.15) is 15.6 Å². The molecule has 1 saturated heterocycles. The molecule has 0 spiro atoms. The van der Waals surface area contributed by atoms with Gasteiger partial charge in [-0.3, -0.25) is 14.4 Å².